The summed E-state index contributed by atoms with van der Waals surface area (Å²) >= 11 is 0. The first-order valence-electron chi connectivity index (χ1n) is 10.3. The van der Waals surface area contributed by atoms with Crippen molar-refractivity contribution in [1.29, 1.82) is 0 Å². The fraction of sp³-hybridized carbons (Fsp3) is 0.636. The van der Waals surface area contributed by atoms with Gasteiger partial charge < -0.3 is 15.1 Å². The molecule has 1 aliphatic carbocycles. The second-order valence-electron chi connectivity index (χ2n) is 8.40. The molecule has 5 heteroatoms. The number of carbonyl (C=O) groups excluding carboxylic acids is 2. The van der Waals surface area contributed by atoms with Crippen LogP contribution in [-0.4, -0.2) is 49.9 Å². The summed E-state index contributed by atoms with van der Waals surface area (Å²) in [4.78, 5) is 29.0. The zero-order valence-electron chi connectivity index (χ0n) is 16.9. The van der Waals surface area contributed by atoms with E-state index in [1.54, 1.807) is 0 Å². The minimum Gasteiger partial charge on any atom is -0.378 e. The molecule has 1 atom stereocenters. The summed E-state index contributed by atoms with van der Waals surface area (Å²) in [7, 11) is 4.06. The normalized spacial score (nSPS) is 19.3. The van der Waals surface area contributed by atoms with Gasteiger partial charge in [0.1, 0.15) is 0 Å². The molecule has 1 saturated carbocycles. The number of rotatable bonds is 6. The summed E-state index contributed by atoms with van der Waals surface area (Å²) in [6, 6.07) is 8.58. The maximum absolute atomic E-state index is 12.6. The van der Waals surface area contributed by atoms with E-state index < -0.39 is 0 Å². The van der Waals surface area contributed by atoms with Gasteiger partial charge in [0.05, 0.1) is 0 Å². The predicted molar refractivity (Wildman–Crippen MR) is 109 cm³/mol. The number of nitrogens with zero attached hydrogens (tertiary/aromatic N) is 2. The maximum atomic E-state index is 12.6. The molecular formula is C22H33N3O2. The van der Waals surface area contributed by atoms with Crippen LogP contribution in [0.1, 0.15) is 44.6 Å². The van der Waals surface area contributed by atoms with Crippen LogP contribution in [0.2, 0.25) is 0 Å². The Labute approximate surface area is 163 Å². The number of benzene rings is 1. The average Bonchev–Trinajstić information content (AvgIpc) is 2.60. The summed E-state index contributed by atoms with van der Waals surface area (Å²) in [6.45, 7) is 3.52. The van der Waals surface area contributed by atoms with Crippen molar-refractivity contribution in [1.82, 2.24) is 10.2 Å². The highest BCUT2D eigenvalue weighted by molar-refractivity contribution is 5.81. The molecule has 1 N–H and O–H groups in total. The van der Waals surface area contributed by atoms with Crippen molar-refractivity contribution in [3.63, 3.8) is 0 Å². The zero-order chi connectivity index (χ0) is 19.4. The van der Waals surface area contributed by atoms with E-state index in [9.17, 15) is 9.59 Å². The van der Waals surface area contributed by atoms with Gasteiger partial charge in [-0.15, -0.1) is 0 Å². The van der Waals surface area contributed by atoms with Crippen molar-refractivity contribution in [2.45, 2.75) is 51.5 Å². The smallest absolute Gasteiger partial charge is 0.225 e. The van der Waals surface area contributed by atoms with Crippen LogP contribution >= 0.6 is 0 Å². The molecule has 0 spiro atoms. The van der Waals surface area contributed by atoms with E-state index in [-0.39, 0.29) is 23.8 Å². The number of hydrogen-bond donors (Lipinski definition) is 1. The number of carbonyl (C=O) groups is 2. The lowest BCUT2D eigenvalue weighted by molar-refractivity contribution is -0.141. The van der Waals surface area contributed by atoms with Gasteiger partial charge in [-0.25, -0.2) is 0 Å². The number of likely N-dealkylation sites (tertiary alicyclic amines) is 1. The van der Waals surface area contributed by atoms with Gasteiger partial charge in [0.15, 0.2) is 0 Å². The van der Waals surface area contributed by atoms with Crippen molar-refractivity contribution < 1.29 is 9.59 Å². The van der Waals surface area contributed by atoms with Crippen LogP contribution in [0.15, 0.2) is 24.3 Å². The van der Waals surface area contributed by atoms with Crippen LogP contribution in [0.4, 0.5) is 5.69 Å². The first-order chi connectivity index (χ1) is 12.9. The predicted octanol–water partition coefficient (Wildman–Crippen LogP) is 2.84. The van der Waals surface area contributed by atoms with E-state index in [0.717, 1.165) is 45.2 Å². The molecule has 27 heavy (non-hydrogen) atoms. The molecule has 1 heterocycles. The molecule has 0 radical (unpaired) electrons. The van der Waals surface area contributed by atoms with Crippen LogP contribution < -0.4 is 10.2 Å². The summed E-state index contributed by atoms with van der Waals surface area (Å²) in [6.07, 6.45) is 5.69. The maximum Gasteiger partial charge on any atom is 0.225 e. The van der Waals surface area contributed by atoms with E-state index in [2.05, 4.69) is 41.4 Å². The first-order valence-corrected chi connectivity index (χ1v) is 10.3. The Hall–Kier alpha value is -2.04. The Kier molecular flexibility index (Phi) is 6.40. The van der Waals surface area contributed by atoms with Gasteiger partial charge in [0.25, 0.3) is 0 Å². The zero-order valence-corrected chi connectivity index (χ0v) is 16.9. The molecule has 148 valence electrons. The van der Waals surface area contributed by atoms with Crippen LogP contribution in [-0.2, 0) is 16.0 Å². The Morgan fingerprint density at radius 2 is 1.70 bits per heavy atom. The molecule has 2 aliphatic rings. The van der Waals surface area contributed by atoms with Crippen LogP contribution in [0.25, 0.3) is 0 Å². The Morgan fingerprint density at radius 1 is 1.07 bits per heavy atom. The highest BCUT2D eigenvalue weighted by atomic mass is 16.2. The molecule has 1 saturated heterocycles. The second kappa shape index (κ2) is 8.77. The molecule has 0 bridgehead atoms. The van der Waals surface area contributed by atoms with Crippen molar-refractivity contribution in [2.24, 2.45) is 11.8 Å². The molecule has 2 fully saturated rings. The van der Waals surface area contributed by atoms with Gasteiger partial charge in [0.2, 0.25) is 11.8 Å². The molecular weight excluding hydrogens is 338 g/mol. The van der Waals surface area contributed by atoms with E-state index in [1.807, 2.05) is 19.0 Å². The molecule has 1 aromatic carbocycles. The highest BCUT2D eigenvalue weighted by Gasteiger charge is 2.33. The third-order valence-electron chi connectivity index (χ3n) is 6.02. The van der Waals surface area contributed by atoms with Crippen molar-refractivity contribution in [2.75, 3.05) is 32.1 Å². The van der Waals surface area contributed by atoms with Crippen molar-refractivity contribution in [3.8, 4) is 0 Å². The summed E-state index contributed by atoms with van der Waals surface area (Å²) < 4.78 is 0. The first kappa shape index (κ1) is 19.7. The molecule has 3 rings (SSSR count). The number of amides is 2. The summed E-state index contributed by atoms with van der Waals surface area (Å²) in [5, 5.41) is 3.17. The van der Waals surface area contributed by atoms with E-state index in [4.69, 9.17) is 0 Å². The quantitative estimate of drug-likeness (QED) is 0.837. The SMILES string of the molecule is C[C@@H](Cc1ccc(N(C)C)cc1)NC(=O)C1CCN(C(=O)C2CCC2)CC1. The van der Waals surface area contributed by atoms with Gasteiger partial charge in [-0.3, -0.25) is 9.59 Å². The third kappa shape index (κ3) is 5.02. The van der Waals surface area contributed by atoms with Crippen molar-refractivity contribution >= 4 is 17.5 Å². The number of piperidine rings is 1. The molecule has 0 aromatic heterocycles. The Balaban J connectivity index is 1.42. The average molecular weight is 372 g/mol. The molecule has 1 aliphatic heterocycles. The topological polar surface area (TPSA) is 52.7 Å². The molecule has 2 amide bonds. The standard InChI is InChI=1S/C22H33N3O2/c1-16(15-17-7-9-20(10-8-17)24(2)3)23-21(26)18-11-13-25(14-12-18)22(27)19-5-4-6-19/h7-10,16,18-19H,4-6,11-15H2,1-3H3,(H,23,26)/t16-/m0/s1. The van der Waals surface area contributed by atoms with Crippen LogP contribution in [0.3, 0.4) is 0 Å². The van der Waals surface area contributed by atoms with E-state index in [0.29, 0.717) is 5.91 Å². The minimum atomic E-state index is 0.0361. The minimum absolute atomic E-state index is 0.0361. The van der Waals surface area contributed by atoms with Gasteiger partial charge in [-0.1, -0.05) is 18.6 Å². The number of hydrogen-bond acceptors (Lipinski definition) is 3. The largest absolute Gasteiger partial charge is 0.378 e. The van der Waals surface area contributed by atoms with Crippen LogP contribution in [0.5, 0.6) is 0 Å². The van der Waals surface area contributed by atoms with Gasteiger partial charge in [0, 0.05) is 50.7 Å². The Morgan fingerprint density at radius 3 is 2.22 bits per heavy atom. The number of nitrogens with one attached hydrogen (secondary N) is 1. The molecule has 0 unspecified atom stereocenters. The van der Waals surface area contributed by atoms with Crippen LogP contribution in [0, 0.1) is 11.8 Å². The molecule has 5 nitrogen and oxygen atoms in total. The monoisotopic (exact) mass is 371 g/mol. The summed E-state index contributed by atoms with van der Waals surface area (Å²) in [5.41, 5.74) is 2.41. The lowest BCUT2D eigenvalue weighted by Gasteiger charge is -2.36. The second-order valence-corrected chi connectivity index (χ2v) is 8.40. The lowest BCUT2D eigenvalue weighted by atomic mass is 9.83. The van der Waals surface area contributed by atoms with Gasteiger partial charge in [-0.2, -0.15) is 0 Å². The third-order valence-corrected chi connectivity index (χ3v) is 6.02. The summed E-state index contributed by atoms with van der Waals surface area (Å²) in [5.74, 6) is 0.751. The van der Waals surface area contributed by atoms with E-state index in [1.165, 1.54) is 17.7 Å². The lowest BCUT2D eigenvalue weighted by Crippen LogP contribution is -2.47. The highest BCUT2D eigenvalue weighted by Crippen LogP contribution is 2.30. The van der Waals surface area contributed by atoms with Crippen molar-refractivity contribution in [3.05, 3.63) is 29.8 Å². The van der Waals surface area contributed by atoms with E-state index >= 15 is 0 Å². The van der Waals surface area contributed by atoms with Gasteiger partial charge in [-0.05, 0) is 56.7 Å². The Bertz CT molecular complexity index is 644. The molecule has 1 aromatic rings. The van der Waals surface area contributed by atoms with Gasteiger partial charge >= 0.3 is 0 Å². The fourth-order valence-electron chi connectivity index (χ4n) is 3.97. The fourth-order valence-corrected chi connectivity index (χ4v) is 3.97. The number of anilines is 1.